The second-order valence-corrected chi connectivity index (χ2v) is 6.19. The smallest absolute Gasteiger partial charge is 0.319 e. The van der Waals surface area contributed by atoms with Crippen LogP contribution in [0.3, 0.4) is 0 Å². The SMILES string of the molecule is COc1cccc(C(=O)NCCNC(=O)Nc2ccc(C)c(Br)c2)c1. The number of rotatable bonds is 6. The number of methoxy groups -OCH3 is 1. The third-order valence-electron chi connectivity index (χ3n) is 3.46. The Bertz CT molecular complexity index is 765. The Kier molecular flexibility index (Phi) is 6.82. The highest BCUT2D eigenvalue weighted by molar-refractivity contribution is 9.10. The van der Waals surface area contributed by atoms with Gasteiger partial charge in [-0.2, -0.15) is 0 Å². The van der Waals surface area contributed by atoms with Crippen LogP contribution in [0.25, 0.3) is 0 Å². The molecule has 0 aromatic heterocycles. The lowest BCUT2D eigenvalue weighted by molar-refractivity contribution is 0.0953. The van der Waals surface area contributed by atoms with E-state index < -0.39 is 0 Å². The summed E-state index contributed by atoms with van der Waals surface area (Å²) >= 11 is 3.42. The Morgan fingerprint density at radius 2 is 1.84 bits per heavy atom. The Hall–Kier alpha value is -2.54. The molecule has 3 N–H and O–H groups in total. The van der Waals surface area contributed by atoms with E-state index in [1.165, 1.54) is 0 Å². The Morgan fingerprint density at radius 3 is 2.56 bits per heavy atom. The summed E-state index contributed by atoms with van der Waals surface area (Å²) in [5, 5.41) is 8.17. The highest BCUT2D eigenvalue weighted by Crippen LogP contribution is 2.20. The lowest BCUT2D eigenvalue weighted by atomic mass is 10.2. The zero-order valence-electron chi connectivity index (χ0n) is 14.1. The van der Waals surface area contributed by atoms with Gasteiger partial charge in [0.15, 0.2) is 0 Å². The van der Waals surface area contributed by atoms with E-state index in [0.29, 0.717) is 30.1 Å². The van der Waals surface area contributed by atoms with Crippen molar-refractivity contribution >= 4 is 33.6 Å². The molecule has 0 unspecified atom stereocenters. The second-order valence-electron chi connectivity index (χ2n) is 5.33. The maximum Gasteiger partial charge on any atom is 0.319 e. The van der Waals surface area contributed by atoms with E-state index in [1.54, 1.807) is 31.4 Å². The highest BCUT2D eigenvalue weighted by atomic mass is 79.9. The molecule has 25 heavy (non-hydrogen) atoms. The van der Waals surface area contributed by atoms with Crippen molar-refractivity contribution in [2.45, 2.75) is 6.92 Å². The van der Waals surface area contributed by atoms with Gasteiger partial charge in [0.1, 0.15) is 5.75 Å². The van der Waals surface area contributed by atoms with Crippen molar-refractivity contribution in [1.82, 2.24) is 10.6 Å². The molecule has 0 atom stereocenters. The van der Waals surface area contributed by atoms with Crippen molar-refractivity contribution in [2.24, 2.45) is 0 Å². The summed E-state index contributed by atoms with van der Waals surface area (Å²) in [4.78, 5) is 23.9. The molecular formula is C18H20BrN3O3. The number of anilines is 1. The molecule has 0 saturated carbocycles. The summed E-state index contributed by atoms with van der Waals surface area (Å²) in [5.41, 5.74) is 2.29. The molecule has 0 aliphatic carbocycles. The van der Waals surface area contributed by atoms with Crippen LogP contribution in [-0.2, 0) is 0 Å². The second kappa shape index (κ2) is 9.08. The van der Waals surface area contributed by atoms with Crippen LogP contribution >= 0.6 is 15.9 Å². The van der Waals surface area contributed by atoms with Gasteiger partial charge in [0.05, 0.1) is 7.11 Å². The van der Waals surface area contributed by atoms with E-state index >= 15 is 0 Å². The lowest BCUT2D eigenvalue weighted by Gasteiger charge is -2.10. The summed E-state index contributed by atoms with van der Waals surface area (Å²) in [6.07, 6.45) is 0. The van der Waals surface area contributed by atoms with Crippen LogP contribution in [0.5, 0.6) is 5.75 Å². The molecule has 0 bridgehead atoms. The summed E-state index contributed by atoms with van der Waals surface area (Å²) in [6, 6.07) is 12.1. The van der Waals surface area contributed by atoms with Gasteiger partial charge < -0.3 is 20.7 Å². The highest BCUT2D eigenvalue weighted by Gasteiger charge is 2.07. The van der Waals surface area contributed by atoms with Crippen molar-refractivity contribution in [2.75, 3.05) is 25.5 Å². The zero-order chi connectivity index (χ0) is 18.2. The van der Waals surface area contributed by atoms with E-state index in [9.17, 15) is 9.59 Å². The molecule has 6 nitrogen and oxygen atoms in total. The average Bonchev–Trinajstić information content (AvgIpc) is 2.61. The summed E-state index contributed by atoms with van der Waals surface area (Å²) in [7, 11) is 1.55. The molecule has 0 aliphatic rings. The zero-order valence-corrected chi connectivity index (χ0v) is 15.6. The topological polar surface area (TPSA) is 79.5 Å². The van der Waals surface area contributed by atoms with Gasteiger partial charge in [0.2, 0.25) is 0 Å². The number of nitrogens with one attached hydrogen (secondary N) is 3. The van der Waals surface area contributed by atoms with Gasteiger partial charge in [0, 0.05) is 28.8 Å². The number of carbonyl (C=O) groups is 2. The third-order valence-corrected chi connectivity index (χ3v) is 4.31. The van der Waals surface area contributed by atoms with Gasteiger partial charge in [-0.15, -0.1) is 0 Å². The lowest BCUT2D eigenvalue weighted by Crippen LogP contribution is -2.36. The fourth-order valence-corrected chi connectivity index (χ4v) is 2.44. The first-order chi connectivity index (χ1) is 12.0. The van der Waals surface area contributed by atoms with Crippen LogP contribution in [0.15, 0.2) is 46.9 Å². The fourth-order valence-electron chi connectivity index (χ4n) is 2.06. The predicted octanol–water partition coefficient (Wildman–Crippen LogP) is 3.32. The van der Waals surface area contributed by atoms with Crippen molar-refractivity contribution < 1.29 is 14.3 Å². The van der Waals surface area contributed by atoms with Gasteiger partial charge in [0.25, 0.3) is 5.91 Å². The van der Waals surface area contributed by atoms with E-state index in [1.807, 2.05) is 25.1 Å². The number of hydrogen-bond acceptors (Lipinski definition) is 3. The van der Waals surface area contributed by atoms with Crippen molar-refractivity contribution in [3.05, 3.63) is 58.1 Å². The molecule has 0 fully saturated rings. The molecule has 2 aromatic carbocycles. The average molecular weight is 406 g/mol. The molecular weight excluding hydrogens is 386 g/mol. The molecule has 0 spiro atoms. The molecule has 0 heterocycles. The third kappa shape index (κ3) is 5.79. The monoisotopic (exact) mass is 405 g/mol. The molecule has 0 saturated heterocycles. The van der Waals surface area contributed by atoms with E-state index in [-0.39, 0.29) is 11.9 Å². The molecule has 7 heteroatoms. The number of urea groups is 1. The van der Waals surface area contributed by atoms with Crippen LogP contribution in [0.4, 0.5) is 10.5 Å². The quantitative estimate of drug-likeness (QED) is 0.644. The van der Waals surface area contributed by atoms with Gasteiger partial charge in [-0.1, -0.05) is 28.1 Å². The largest absolute Gasteiger partial charge is 0.497 e. The fraction of sp³-hybridized carbons (Fsp3) is 0.222. The minimum atomic E-state index is -0.327. The van der Waals surface area contributed by atoms with E-state index in [2.05, 4.69) is 31.9 Å². The minimum absolute atomic E-state index is 0.219. The number of benzene rings is 2. The number of carbonyl (C=O) groups excluding carboxylic acids is 2. The van der Waals surface area contributed by atoms with Gasteiger partial charge in [-0.25, -0.2) is 4.79 Å². The summed E-state index contributed by atoms with van der Waals surface area (Å²) < 4.78 is 6.01. The number of halogens is 1. The summed E-state index contributed by atoms with van der Waals surface area (Å²) in [6.45, 7) is 2.61. The normalized spacial score (nSPS) is 10.0. The maximum absolute atomic E-state index is 12.0. The number of hydrogen-bond donors (Lipinski definition) is 3. The standard InChI is InChI=1S/C18H20BrN3O3/c1-12-6-7-14(11-16(12)19)22-18(24)21-9-8-20-17(23)13-4-3-5-15(10-13)25-2/h3-7,10-11H,8-9H2,1-2H3,(H,20,23)(H2,21,22,24). The molecule has 2 rings (SSSR count). The first kappa shape index (κ1) is 18.8. The molecule has 0 radical (unpaired) electrons. The molecule has 2 aromatic rings. The van der Waals surface area contributed by atoms with Crippen molar-refractivity contribution in [1.29, 1.82) is 0 Å². The van der Waals surface area contributed by atoms with Crippen LogP contribution in [0, 0.1) is 6.92 Å². The Morgan fingerprint density at radius 1 is 1.08 bits per heavy atom. The van der Waals surface area contributed by atoms with Crippen molar-refractivity contribution in [3.63, 3.8) is 0 Å². The Balaban J connectivity index is 1.73. The van der Waals surface area contributed by atoms with Crippen LogP contribution < -0.4 is 20.7 Å². The van der Waals surface area contributed by atoms with Gasteiger partial charge in [-0.05, 0) is 42.8 Å². The van der Waals surface area contributed by atoms with E-state index in [4.69, 9.17) is 4.74 Å². The first-order valence-electron chi connectivity index (χ1n) is 7.73. The van der Waals surface area contributed by atoms with Crippen molar-refractivity contribution in [3.8, 4) is 5.75 Å². The van der Waals surface area contributed by atoms with Gasteiger partial charge in [-0.3, -0.25) is 4.79 Å². The van der Waals surface area contributed by atoms with Crippen LogP contribution in [-0.4, -0.2) is 32.1 Å². The first-order valence-corrected chi connectivity index (χ1v) is 8.52. The Labute approximate surface area is 155 Å². The van der Waals surface area contributed by atoms with Gasteiger partial charge >= 0.3 is 6.03 Å². The maximum atomic E-state index is 12.0. The molecule has 3 amide bonds. The number of amides is 3. The number of ether oxygens (including phenoxy) is 1. The van der Waals surface area contributed by atoms with Crippen LogP contribution in [0.2, 0.25) is 0 Å². The summed E-state index contributed by atoms with van der Waals surface area (Å²) in [5.74, 6) is 0.401. The molecule has 0 aliphatic heterocycles. The molecule has 132 valence electrons. The van der Waals surface area contributed by atoms with E-state index in [0.717, 1.165) is 10.0 Å². The minimum Gasteiger partial charge on any atom is -0.497 e. The van der Waals surface area contributed by atoms with Crippen LogP contribution in [0.1, 0.15) is 15.9 Å². The number of aryl methyl sites for hydroxylation is 1. The predicted molar refractivity (Wildman–Crippen MR) is 101 cm³/mol.